The lowest BCUT2D eigenvalue weighted by molar-refractivity contribution is -0.139. The molecular weight excluding hydrogens is 284 g/mol. The fourth-order valence-corrected chi connectivity index (χ4v) is 2.08. The van der Waals surface area contributed by atoms with E-state index in [1.807, 2.05) is 37.3 Å². The Morgan fingerprint density at radius 1 is 1.14 bits per heavy atom. The Morgan fingerprint density at radius 3 is 2.32 bits per heavy atom. The van der Waals surface area contributed by atoms with Crippen LogP contribution in [0.3, 0.4) is 0 Å². The molecule has 0 aliphatic carbocycles. The van der Waals surface area contributed by atoms with E-state index in [9.17, 15) is 14.4 Å². The molecule has 1 aromatic carbocycles. The number of amides is 2. The topological polar surface area (TPSA) is 95.5 Å². The van der Waals surface area contributed by atoms with Gasteiger partial charge in [0.25, 0.3) is 5.91 Å². The summed E-state index contributed by atoms with van der Waals surface area (Å²) in [6.45, 7) is 3.70. The summed E-state index contributed by atoms with van der Waals surface area (Å²) >= 11 is 0. The van der Waals surface area contributed by atoms with Gasteiger partial charge in [-0.2, -0.15) is 0 Å². The normalized spacial score (nSPS) is 13.0. The molecule has 0 aliphatic rings. The Balaban J connectivity index is 2.68. The van der Waals surface area contributed by atoms with Crippen molar-refractivity contribution in [2.75, 3.05) is 0 Å². The number of rotatable bonds is 8. The minimum absolute atomic E-state index is 0.314. The maximum Gasteiger partial charge on any atom is 0.405 e. The monoisotopic (exact) mass is 306 g/mol. The van der Waals surface area contributed by atoms with Gasteiger partial charge in [-0.05, 0) is 18.9 Å². The van der Waals surface area contributed by atoms with E-state index in [1.165, 1.54) is 0 Å². The average Bonchev–Trinajstić information content (AvgIpc) is 2.51. The fourth-order valence-electron chi connectivity index (χ4n) is 2.08. The summed E-state index contributed by atoms with van der Waals surface area (Å²) in [6.07, 6.45) is 0.485. The lowest BCUT2D eigenvalue weighted by Crippen LogP contribution is -2.47. The molecule has 2 atom stereocenters. The van der Waals surface area contributed by atoms with Crippen LogP contribution in [0.25, 0.3) is 0 Å². The highest BCUT2D eigenvalue weighted by molar-refractivity contribution is 6.38. The molecule has 0 bridgehead atoms. The van der Waals surface area contributed by atoms with Crippen LogP contribution in [0.15, 0.2) is 30.3 Å². The van der Waals surface area contributed by atoms with E-state index in [-0.39, 0.29) is 6.04 Å². The Hall–Kier alpha value is -2.37. The molecule has 1 aromatic rings. The number of hydrogen-bond acceptors (Lipinski definition) is 3. The number of nitrogens with one attached hydrogen (secondary N) is 2. The number of Topliss-reactive ketones (excluding diaryl/α,β-unsaturated/α-hetero) is 1. The highest BCUT2D eigenvalue weighted by Crippen LogP contribution is 2.11. The first-order valence-corrected chi connectivity index (χ1v) is 7.34. The second-order valence-corrected chi connectivity index (χ2v) is 5.11. The molecule has 1 rings (SSSR count). The molecule has 0 spiro atoms. The number of carbonyl (C=O) groups is 3. The van der Waals surface area contributed by atoms with Gasteiger partial charge in [0.05, 0.1) is 6.04 Å². The third-order valence-electron chi connectivity index (χ3n) is 3.33. The molecule has 0 aromatic heterocycles. The maximum atomic E-state index is 12.1. The molecule has 0 radical (unpaired) electrons. The lowest BCUT2D eigenvalue weighted by Gasteiger charge is -2.18. The van der Waals surface area contributed by atoms with E-state index in [0.717, 1.165) is 12.0 Å². The van der Waals surface area contributed by atoms with Crippen molar-refractivity contribution < 1.29 is 19.5 Å². The highest BCUT2D eigenvalue weighted by atomic mass is 16.4. The molecule has 1 unspecified atom stereocenters. The van der Waals surface area contributed by atoms with Crippen LogP contribution in [0.2, 0.25) is 0 Å². The zero-order valence-corrected chi connectivity index (χ0v) is 12.8. The molecule has 0 saturated heterocycles. The zero-order chi connectivity index (χ0) is 16.5. The van der Waals surface area contributed by atoms with Gasteiger partial charge in [0.15, 0.2) is 0 Å². The number of benzene rings is 1. The molecular formula is C16H22N2O4. The van der Waals surface area contributed by atoms with E-state index in [4.69, 9.17) is 5.11 Å². The Kier molecular flexibility index (Phi) is 7.08. The quantitative estimate of drug-likeness (QED) is 0.642. The van der Waals surface area contributed by atoms with Crippen LogP contribution >= 0.6 is 0 Å². The van der Waals surface area contributed by atoms with Crippen LogP contribution < -0.4 is 10.6 Å². The van der Waals surface area contributed by atoms with E-state index in [1.54, 1.807) is 6.92 Å². The summed E-state index contributed by atoms with van der Waals surface area (Å²) < 4.78 is 0. The molecule has 120 valence electrons. The second kappa shape index (κ2) is 8.81. The van der Waals surface area contributed by atoms with E-state index >= 15 is 0 Å². The van der Waals surface area contributed by atoms with Crippen molar-refractivity contribution >= 4 is 17.8 Å². The summed E-state index contributed by atoms with van der Waals surface area (Å²) in [5, 5.41) is 13.5. The molecule has 6 heteroatoms. The van der Waals surface area contributed by atoms with Gasteiger partial charge in [-0.1, -0.05) is 50.1 Å². The first-order valence-electron chi connectivity index (χ1n) is 7.34. The smallest absolute Gasteiger partial charge is 0.405 e. The summed E-state index contributed by atoms with van der Waals surface area (Å²) in [7, 11) is 0. The molecule has 0 heterocycles. The third-order valence-corrected chi connectivity index (χ3v) is 3.33. The second-order valence-electron chi connectivity index (χ2n) is 5.11. The average molecular weight is 306 g/mol. The molecule has 3 N–H and O–H groups in total. The van der Waals surface area contributed by atoms with Gasteiger partial charge in [0.2, 0.25) is 5.78 Å². The van der Waals surface area contributed by atoms with Crippen molar-refractivity contribution in [2.24, 2.45) is 0 Å². The number of unbranched alkanes of at least 4 members (excludes halogenated alkanes) is 1. The van der Waals surface area contributed by atoms with Crippen LogP contribution in [-0.2, 0) is 9.59 Å². The molecule has 6 nitrogen and oxygen atoms in total. The first kappa shape index (κ1) is 17.7. The van der Waals surface area contributed by atoms with Crippen molar-refractivity contribution in [3.8, 4) is 0 Å². The molecule has 0 fully saturated rings. The Bertz CT molecular complexity index is 516. The summed E-state index contributed by atoms with van der Waals surface area (Å²) in [5.74, 6) is -1.52. The Labute approximate surface area is 129 Å². The van der Waals surface area contributed by atoms with E-state index < -0.39 is 23.8 Å². The van der Waals surface area contributed by atoms with Crippen molar-refractivity contribution in [1.82, 2.24) is 10.6 Å². The van der Waals surface area contributed by atoms with Gasteiger partial charge in [-0.25, -0.2) is 4.79 Å². The largest absolute Gasteiger partial charge is 0.465 e. The molecule has 22 heavy (non-hydrogen) atoms. The summed E-state index contributed by atoms with van der Waals surface area (Å²) in [5.41, 5.74) is 0.875. The SMILES string of the molecule is CCCCC(NC(=O)O)C(=O)C(=O)N[C@H](C)c1ccccc1. The van der Waals surface area contributed by atoms with E-state index in [2.05, 4.69) is 10.6 Å². The van der Waals surface area contributed by atoms with Gasteiger partial charge in [-0.15, -0.1) is 0 Å². The number of ketones is 1. The highest BCUT2D eigenvalue weighted by Gasteiger charge is 2.27. The third kappa shape index (κ3) is 5.55. The predicted octanol–water partition coefficient (Wildman–Crippen LogP) is 2.26. The number of carbonyl (C=O) groups excluding carboxylic acids is 2. The maximum absolute atomic E-state index is 12.1. The van der Waals surface area contributed by atoms with Crippen molar-refractivity contribution in [3.63, 3.8) is 0 Å². The summed E-state index contributed by atoms with van der Waals surface area (Å²) in [4.78, 5) is 34.9. The van der Waals surface area contributed by atoms with E-state index in [0.29, 0.717) is 12.8 Å². The van der Waals surface area contributed by atoms with Crippen molar-refractivity contribution in [2.45, 2.75) is 45.2 Å². The molecule has 0 aliphatic heterocycles. The van der Waals surface area contributed by atoms with Crippen LogP contribution in [0.5, 0.6) is 0 Å². The van der Waals surface area contributed by atoms with Crippen molar-refractivity contribution in [3.05, 3.63) is 35.9 Å². The minimum Gasteiger partial charge on any atom is -0.465 e. The zero-order valence-electron chi connectivity index (χ0n) is 12.8. The fraction of sp³-hybridized carbons (Fsp3) is 0.438. The number of hydrogen-bond donors (Lipinski definition) is 3. The van der Waals surface area contributed by atoms with Gasteiger partial charge in [0.1, 0.15) is 6.04 Å². The molecule has 0 saturated carbocycles. The van der Waals surface area contributed by atoms with Gasteiger partial charge >= 0.3 is 6.09 Å². The lowest BCUT2D eigenvalue weighted by atomic mass is 10.0. The minimum atomic E-state index is -1.31. The number of carboxylic acid groups (broad SMARTS) is 1. The van der Waals surface area contributed by atoms with Gasteiger partial charge < -0.3 is 15.7 Å². The predicted molar refractivity (Wildman–Crippen MR) is 82.5 cm³/mol. The van der Waals surface area contributed by atoms with Crippen molar-refractivity contribution in [1.29, 1.82) is 0 Å². The van der Waals surface area contributed by atoms with Gasteiger partial charge in [-0.3, -0.25) is 9.59 Å². The van der Waals surface area contributed by atoms with Crippen LogP contribution in [-0.4, -0.2) is 28.9 Å². The standard InChI is InChI=1S/C16H22N2O4/c1-3-4-10-13(18-16(21)22)14(19)15(20)17-11(2)12-8-6-5-7-9-12/h5-9,11,13,18H,3-4,10H2,1-2H3,(H,17,20)(H,21,22)/t11-,13?/m1/s1. The van der Waals surface area contributed by atoms with Gasteiger partial charge in [0, 0.05) is 0 Å². The first-order chi connectivity index (χ1) is 10.5. The summed E-state index contributed by atoms with van der Waals surface area (Å²) in [6, 6.07) is 7.92. The Morgan fingerprint density at radius 2 is 1.77 bits per heavy atom. The van der Waals surface area contributed by atoms with Crippen LogP contribution in [0.4, 0.5) is 4.79 Å². The van der Waals surface area contributed by atoms with Crippen LogP contribution in [0.1, 0.15) is 44.7 Å². The molecule has 2 amide bonds. The van der Waals surface area contributed by atoms with Crippen LogP contribution in [0, 0.1) is 0 Å².